The Morgan fingerprint density at radius 1 is 1.36 bits per heavy atom. The predicted molar refractivity (Wildman–Crippen MR) is 58.1 cm³/mol. The summed E-state index contributed by atoms with van der Waals surface area (Å²) in [5.74, 6) is 0.314. The van der Waals surface area contributed by atoms with Crippen molar-refractivity contribution in [2.45, 2.75) is 52.4 Å². The number of rotatable bonds is 3. The fraction of sp³-hybridized carbons (Fsp3) is 0.818. The van der Waals surface area contributed by atoms with Crippen LogP contribution in [0.1, 0.15) is 52.4 Å². The molecule has 0 aromatic carbocycles. The van der Waals surface area contributed by atoms with Crippen LogP contribution in [0.4, 0.5) is 0 Å². The van der Waals surface area contributed by atoms with Crippen LogP contribution >= 0.6 is 0 Å². The van der Waals surface area contributed by atoms with E-state index in [1.165, 1.54) is 19.3 Å². The van der Waals surface area contributed by atoms with Gasteiger partial charge in [-0.3, -0.25) is 4.79 Å². The molecule has 1 amide bonds. The van der Waals surface area contributed by atoms with E-state index in [0.717, 1.165) is 25.0 Å². The highest BCUT2D eigenvalue weighted by atomic mass is 16.2. The molecule has 0 radical (unpaired) electrons. The Kier molecular flexibility index (Phi) is 4.63. The predicted octanol–water partition coefficient (Wildman–Crippen LogP) is 2.47. The van der Waals surface area contributed by atoms with Gasteiger partial charge in [-0.25, -0.2) is 5.43 Å². The van der Waals surface area contributed by atoms with Crippen molar-refractivity contribution in [1.82, 2.24) is 5.43 Å². The molecule has 3 heteroatoms. The second-order valence-corrected chi connectivity index (χ2v) is 4.01. The largest absolute Gasteiger partial charge is 0.273 e. The number of amides is 1. The Balaban J connectivity index is 2.33. The maximum Gasteiger partial charge on any atom is 0.243 e. The molecule has 1 rings (SSSR count). The molecule has 0 aromatic heterocycles. The lowest BCUT2D eigenvalue weighted by Crippen LogP contribution is -2.28. The molecule has 1 saturated carbocycles. The molecule has 0 atom stereocenters. The number of nitrogens with one attached hydrogen (secondary N) is 1. The quantitative estimate of drug-likeness (QED) is 0.546. The molecule has 3 nitrogen and oxygen atoms in total. The van der Waals surface area contributed by atoms with Gasteiger partial charge in [0.2, 0.25) is 5.91 Å². The van der Waals surface area contributed by atoms with Crippen LogP contribution in [0, 0.1) is 5.92 Å². The van der Waals surface area contributed by atoms with Crippen molar-refractivity contribution in [3.63, 3.8) is 0 Å². The van der Waals surface area contributed by atoms with E-state index in [1.54, 1.807) is 0 Å². The van der Waals surface area contributed by atoms with Crippen LogP contribution in [0.3, 0.4) is 0 Å². The maximum absolute atomic E-state index is 11.6. The number of carbonyl (C=O) groups is 1. The first kappa shape index (κ1) is 11.2. The fourth-order valence-electron chi connectivity index (χ4n) is 1.69. The third kappa shape index (κ3) is 3.48. The minimum Gasteiger partial charge on any atom is -0.273 e. The van der Waals surface area contributed by atoms with Gasteiger partial charge in [0.1, 0.15) is 0 Å². The normalized spacial score (nSPS) is 19.4. The van der Waals surface area contributed by atoms with E-state index in [2.05, 4.69) is 10.5 Å². The van der Waals surface area contributed by atoms with E-state index in [4.69, 9.17) is 0 Å². The van der Waals surface area contributed by atoms with Gasteiger partial charge in [0, 0.05) is 11.6 Å². The minimum atomic E-state index is 0.109. The lowest BCUT2D eigenvalue weighted by atomic mass is 9.89. The molecular weight excluding hydrogens is 176 g/mol. The summed E-state index contributed by atoms with van der Waals surface area (Å²) in [6.07, 6.45) is 6.62. The molecule has 1 N–H and O–H groups in total. The topological polar surface area (TPSA) is 41.5 Å². The van der Waals surface area contributed by atoms with Gasteiger partial charge in [-0.05, 0) is 26.2 Å². The number of carbonyl (C=O) groups excluding carboxylic acids is 1. The molecule has 1 aliphatic carbocycles. The highest BCUT2D eigenvalue weighted by Gasteiger charge is 2.20. The molecule has 0 saturated heterocycles. The van der Waals surface area contributed by atoms with E-state index in [9.17, 15) is 4.79 Å². The molecule has 14 heavy (non-hydrogen) atoms. The summed E-state index contributed by atoms with van der Waals surface area (Å²) >= 11 is 0. The second kappa shape index (κ2) is 5.78. The zero-order valence-corrected chi connectivity index (χ0v) is 9.18. The molecule has 80 valence electrons. The third-order valence-corrected chi connectivity index (χ3v) is 2.84. The zero-order chi connectivity index (χ0) is 10.4. The molecule has 1 fully saturated rings. The molecular formula is C11H20N2O. The lowest BCUT2D eigenvalue weighted by Gasteiger charge is -2.19. The van der Waals surface area contributed by atoms with E-state index in [-0.39, 0.29) is 11.8 Å². The van der Waals surface area contributed by atoms with Crippen LogP contribution in [0.25, 0.3) is 0 Å². The van der Waals surface area contributed by atoms with Gasteiger partial charge >= 0.3 is 0 Å². The number of hydrogen-bond acceptors (Lipinski definition) is 2. The van der Waals surface area contributed by atoms with Crippen molar-refractivity contribution >= 4 is 11.6 Å². The molecule has 0 unspecified atom stereocenters. The molecule has 0 spiro atoms. The summed E-state index contributed by atoms with van der Waals surface area (Å²) in [5.41, 5.74) is 3.63. The van der Waals surface area contributed by atoms with Crippen molar-refractivity contribution < 1.29 is 4.79 Å². The van der Waals surface area contributed by atoms with Gasteiger partial charge in [0.15, 0.2) is 0 Å². The average molecular weight is 196 g/mol. The Labute approximate surface area is 86.0 Å². The Bertz CT molecular complexity index is 217. The number of nitrogens with zero attached hydrogens (tertiary/aromatic N) is 1. The van der Waals surface area contributed by atoms with E-state index < -0.39 is 0 Å². The summed E-state index contributed by atoms with van der Waals surface area (Å²) in [6.45, 7) is 3.97. The van der Waals surface area contributed by atoms with Crippen molar-refractivity contribution in [3.05, 3.63) is 0 Å². The van der Waals surface area contributed by atoms with Gasteiger partial charge in [0.25, 0.3) is 0 Å². The molecule has 0 heterocycles. The summed E-state index contributed by atoms with van der Waals surface area (Å²) in [6, 6.07) is 0. The SMILES string of the molecule is CCC(C)=NNC(=O)C1CCCCC1. The number of hydrazone groups is 1. The first-order valence-corrected chi connectivity index (χ1v) is 5.57. The summed E-state index contributed by atoms with van der Waals surface area (Å²) in [7, 11) is 0. The Morgan fingerprint density at radius 3 is 2.57 bits per heavy atom. The van der Waals surface area contributed by atoms with Crippen LogP contribution in [0.2, 0.25) is 0 Å². The fourth-order valence-corrected chi connectivity index (χ4v) is 1.69. The molecule has 0 aromatic rings. The van der Waals surface area contributed by atoms with Gasteiger partial charge in [0.05, 0.1) is 0 Å². The van der Waals surface area contributed by atoms with Gasteiger partial charge < -0.3 is 0 Å². The average Bonchev–Trinajstić information content (AvgIpc) is 2.26. The first-order chi connectivity index (χ1) is 6.74. The molecule has 0 aliphatic heterocycles. The van der Waals surface area contributed by atoms with Crippen LogP contribution in [-0.2, 0) is 4.79 Å². The van der Waals surface area contributed by atoms with Gasteiger partial charge in [-0.2, -0.15) is 5.10 Å². The second-order valence-electron chi connectivity index (χ2n) is 4.01. The van der Waals surface area contributed by atoms with Crippen molar-refractivity contribution in [3.8, 4) is 0 Å². The monoisotopic (exact) mass is 196 g/mol. The first-order valence-electron chi connectivity index (χ1n) is 5.57. The molecule has 1 aliphatic rings. The smallest absolute Gasteiger partial charge is 0.243 e. The van der Waals surface area contributed by atoms with Gasteiger partial charge in [-0.1, -0.05) is 26.2 Å². The van der Waals surface area contributed by atoms with Gasteiger partial charge in [-0.15, -0.1) is 0 Å². The van der Waals surface area contributed by atoms with E-state index in [1.807, 2.05) is 13.8 Å². The highest BCUT2D eigenvalue weighted by Crippen LogP contribution is 2.23. The minimum absolute atomic E-state index is 0.109. The van der Waals surface area contributed by atoms with Crippen molar-refractivity contribution in [1.29, 1.82) is 0 Å². The van der Waals surface area contributed by atoms with Crippen LogP contribution < -0.4 is 5.43 Å². The number of hydrogen-bond donors (Lipinski definition) is 1. The standard InChI is InChI=1S/C11H20N2O/c1-3-9(2)12-13-11(14)10-7-5-4-6-8-10/h10H,3-8H2,1-2H3,(H,13,14). The van der Waals surface area contributed by atoms with Crippen molar-refractivity contribution in [2.24, 2.45) is 11.0 Å². The summed E-state index contributed by atoms with van der Waals surface area (Å²) in [4.78, 5) is 11.6. The Hall–Kier alpha value is -0.860. The van der Waals surface area contributed by atoms with E-state index >= 15 is 0 Å². The summed E-state index contributed by atoms with van der Waals surface area (Å²) < 4.78 is 0. The van der Waals surface area contributed by atoms with E-state index in [0.29, 0.717) is 0 Å². The summed E-state index contributed by atoms with van der Waals surface area (Å²) in [5, 5.41) is 4.03. The van der Waals surface area contributed by atoms with Crippen LogP contribution in [0.15, 0.2) is 5.10 Å². The molecule has 0 bridgehead atoms. The lowest BCUT2D eigenvalue weighted by molar-refractivity contribution is -0.125. The third-order valence-electron chi connectivity index (χ3n) is 2.84. The Morgan fingerprint density at radius 2 is 2.00 bits per heavy atom. The highest BCUT2D eigenvalue weighted by molar-refractivity contribution is 5.84. The maximum atomic E-state index is 11.6. The van der Waals surface area contributed by atoms with Crippen LogP contribution in [-0.4, -0.2) is 11.6 Å². The zero-order valence-electron chi connectivity index (χ0n) is 9.18. The van der Waals surface area contributed by atoms with Crippen LogP contribution in [0.5, 0.6) is 0 Å². The van der Waals surface area contributed by atoms with Crippen molar-refractivity contribution in [2.75, 3.05) is 0 Å².